The Morgan fingerprint density at radius 1 is 1.14 bits per heavy atom. The molecule has 0 fully saturated rings. The third-order valence-corrected chi connectivity index (χ3v) is 1.88. The zero-order chi connectivity index (χ0) is 9.68. The number of benzene rings is 1. The van der Waals surface area contributed by atoms with Gasteiger partial charge in [-0.25, -0.2) is 0 Å². The minimum absolute atomic E-state index is 0. The lowest BCUT2D eigenvalue weighted by atomic mass is 10.2. The van der Waals surface area contributed by atoms with E-state index >= 15 is 0 Å². The summed E-state index contributed by atoms with van der Waals surface area (Å²) in [5.41, 5.74) is 1.05. The van der Waals surface area contributed by atoms with E-state index in [2.05, 4.69) is 5.32 Å². The molecule has 1 aromatic carbocycles. The van der Waals surface area contributed by atoms with Crippen LogP contribution in [0.15, 0.2) is 18.2 Å². The molecule has 3 nitrogen and oxygen atoms in total. The fourth-order valence-electron chi connectivity index (χ4n) is 1.28. The van der Waals surface area contributed by atoms with E-state index in [-0.39, 0.29) is 12.4 Å². The van der Waals surface area contributed by atoms with Crippen LogP contribution >= 0.6 is 12.4 Å². The molecule has 0 aromatic heterocycles. The SMILES string of the molecule is CNCc1c(OC)cccc1OC.Cl. The molecule has 0 heterocycles. The van der Waals surface area contributed by atoms with Crippen molar-refractivity contribution in [2.45, 2.75) is 6.54 Å². The molecule has 0 bridgehead atoms. The van der Waals surface area contributed by atoms with Crippen molar-refractivity contribution in [2.24, 2.45) is 0 Å². The van der Waals surface area contributed by atoms with Crippen molar-refractivity contribution in [2.75, 3.05) is 21.3 Å². The molecule has 0 atom stereocenters. The van der Waals surface area contributed by atoms with Crippen molar-refractivity contribution in [1.29, 1.82) is 0 Å². The largest absolute Gasteiger partial charge is 0.496 e. The summed E-state index contributed by atoms with van der Waals surface area (Å²) in [5.74, 6) is 1.71. The molecule has 4 heteroatoms. The van der Waals surface area contributed by atoms with E-state index < -0.39 is 0 Å². The smallest absolute Gasteiger partial charge is 0.127 e. The Balaban J connectivity index is 0.00000169. The molecule has 80 valence electrons. The summed E-state index contributed by atoms with van der Waals surface area (Å²) in [6, 6.07) is 5.77. The van der Waals surface area contributed by atoms with E-state index in [1.807, 2.05) is 25.2 Å². The highest BCUT2D eigenvalue weighted by atomic mass is 35.5. The average Bonchev–Trinajstić information content (AvgIpc) is 2.18. The summed E-state index contributed by atoms with van der Waals surface area (Å²) < 4.78 is 10.4. The first-order valence-corrected chi connectivity index (χ1v) is 4.18. The molecule has 1 rings (SSSR count). The van der Waals surface area contributed by atoms with Gasteiger partial charge in [-0.3, -0.25) is 0 Å². The topological polar surface area (TPSA) is 30.5 Å². The van der Waals surface area contributed by atoms with Gasteiger partial charge in [0.2, 0.25) is 0 Å². The van der Waals surface area contributed by atoms with Gasteiger partial charge in [-0.2, -0.15) is 0 Å². The van der Waals surface area contributed by atoms with Gasteiger partial charge in [0.1, 0.15) is 11.5 Å². The molecule has 1 N–H and O–H groups in total. The van der Waals surface area contributed by atoms with Crippen molar-refractivity contribution in [3.63, 3.8) is 0 Å². The van der Waals surface area contributed by atoms with E-state index in [1.165, 1.54) is 0 Å². The van der Waals surface area contributed by atoms with Crippen molar-refractivity contribution in [3.8, 4) is 11.5 Å². The summed E-state index contributed by atoms with van der Waals surface area (Å²) in [5, 5.41) is 3.07. The van der Waals surface area contributed by atoms with Crippen molar-refractivity contribution < 1.29 is 9.47 Å². The maximum absolute atomic E-state index is 5.22. The quantitative estimate of drug-likeness (QED) is 0.835. The molecule has 0 amide bonds. The Kier molecular flexibility index (Phi) is 6.08. The Morgan fingerprint density at radius 2 is 1.64 bits per heavy atom. The van der Waals surface area contributed by atoms with Crippen LogP contribution in [-0.2, 0) is 6.54 Å². The maximum atomic E-state index is 5.22. The first kappa shape index (κ1) is 13.1. The molecule has 0 saturated heterocycles. The Morgan fingerprint density at radius 3 is 2.00 bits per heavy atom. The molecule has 14 heavy (non-hydrogen) atoms. The molecular weight excluding hydrogens is 202 g/mol. The van der Waals surface area contributed by atoms with Crippen LogP contribution in [0.3, 0.4) is 0 Å². The molecule has 1 aromatic rings. The predicted molar refractivity (Wildman–Crippen MR) is 59.6 cm³/mol. The van der Waals surface area contributed by atoms with Gasteiger partial charge in [0.15, 0.2) is 0 Å². The van der Waals surface area contributed by atoms with Gasteiger partial charge in [-0.1, -0.05) is 6.07 Å². The second kappa shape index (κ2) is 6.51. The number of methoxy groups -OCH3 is 2. The Hall–Kier alpha value is -0.930. The normalized spacial score (nSPS) is 9.07. The number of ether oxygens (including phenoxy) is 2. The second-order valence-corrected chi connectivity index (χ2v) is 2.67. The molecule has 0 aliphatic carbocycles. The van der Waals surface area contributed by atoms with E-state index in [9.17, 15) is 0 Å². The van der Waals surface area contributed by atoms with Gasteiger partial charge < -0.3 is 14.8 Å². The molecule has 0 aliphatic rings. The fourth-order valence-corrected chi connectivity index (χ4v) is 1.28. The summed E-state index contributed by atoms with van der Waals surface area (Å²) in [7, 11) is 5.22. The molecule has 0 saturated carbocycles. The van der Waals surface area contributed by atoms with Gasteiger partial charge >= 0.3 is 0 Å². The van der Waals surface area contributed by atoms with Crippen LogP contribution in [-0.4, -0.2) is 21.3 Å². The van der Waals surface area contributed by atoms with Crippen molar-refractivity contribution in [1.82, 2.24) is 5.32 Å². The van der Waals surface area contributed by atoms with E-state index in [0.29, 0.717) is 0 Å². The standard InChI is InChI=1S/C10H15NO2.ClH/c1-11-7-8-9(12-2)5-4-6-10(8)13-3;/h4-6,11H,7H2,1-3H3;1H. The van der Waals surface area contributed by atoms with Crippen molar-refractivity contribution >= 4 is 12.4 Å². The van der Waals surface area contributed by atoms with E-state index in [0.717, 1.165) is 23.6 Å². The zero-order valence-corrected chi connectivity index (χ0v) is 9.48. The number of rotatable bonds is 4. The minimum Gasteiger partial charge on any atom is -0.496 e. The number of hydrogen-bond acceptors (Lipinski definition) is 3. The highest BCUT2D eigenvalue weighted by Crippen LogP contribution is 2.27. The highest BCUT2D eigenvalue weighted by Gasteiger charge is 2.07. The maximum Gasteiger partial charge on any atom is 0.127 e. The van der Waals surface area contributed by atoms with Crippen LogP contribution in [0, 0.1) is 0 Å². The molecular formula is C10H16ClNO2. The first-order valence-electron chi connectivity index (χ1n) is 4.18. The lowest BCUT2D eigenvalue weighted by Crippen LogP contribution is -2.08. The lowest BCUT2D eigenvalue weighted by Gasteiger charge is -2.11. The highest BCUT2D eigenvalue weighted by molar-refractivity contribution is 5.85. The number of halogens is 1. The third-order valence-electron chi connectivity index (χ3n) is 1.88. The minimum atomic E-state index is 0. The summed E-state index contributed by atoms with van der Waals surface area (Å²) in [4.78, 5) is 0. The second-order valence-electron chi connectivity index (χ2n) is 2.67. The fraction of sp³-hybridized carbons (Fsp3) is 0.400. The summed E-state index contributed by atoms with van der Waals surface area (Å²) in [6.07, 6.45) is 0. The predicted octanol–water partition coefficient (Wildman–Crippen LogP) is 1.85. The van der Waals surface area contributed by atoms with Crippen LogP contribution in [0.2, 0.25) is 0 Å². The Labute approximate surface area is 90.8 Å². The molecule has 0 radical (unpaired) electrons. The summed E-state index contributed by atoms with van der Waals surface area (Å²) in [6.45, 7) is 0.743. The van der Waals surface area contributed by atoms with Crippen molar-refractivity contribution in [3.05, 3.63) is 23.8 Å². The van der Waals surface area contributed by atoms with Gasteiger partial charge in [0.25, 0.3) is 0 Å². The van der Waals surface area contributed by atoms with E-state index in [1.54, 1.807) is 14.2 Å². The van der Waals surface area contributed by atoms with Crippen LogP contribution in [0.25, 0.3) is 0 Å². The van der Waals surface area contributed by atoms with Gasteiger partial charge in [0.05, 0.1) is 14.2 Å². The van der Waals surface area contributed by atoms with Gasteiger partial charge in [-0.05, 0) is 19.2 Å². The van der Waals surface area contributed by atoms with Gasteiger partial charge in [0, 0.05) is 12.1 Å². The van der Waals surface area contributed by atoms with Crippen LogP contribution in [0.4, 0.5) is 0 Å². The van der Waals surface area contributed by atoms with Gasteiger partial charge in [-0.15, -0.1) is 12.4 Å². The third kappa shape index (κ3) is 2.79. The molecule has 0 spiro atoms. The van der Waals surface area contributed by atoms with Crippen LogP contribution in [0.5, 0.6) is 11.5 Å². The summed E-state index contributed by atoms with van der Waals surface area (Å²) >= 11 is 0. The van der Waals surface area contributed by atoms with Crippen LogP contribution < -0.4 is 14.8 Å². The monoisotopic (exact) mass is 217 g/mol. The molecule has 0 unspecified atom stereocenters. The average molecular weight is 218 g/mol. The molecule has 0 aliphatic heterocycles. The number of hydrogen-bond donors (Lipinski definition) is 1. The Bertz CT molecular complexity index is 257. The lowest BCUT2D eigenvalue weighted by molar-refractivity contribution is 0.383. The van der Waals surface area contributed by atoms with E-state index in [4.69, 9.17) is 9.47 Å². The first-order chi connectivity index (χ1) is 6.33. The number of nitrogens with one attached hydrogen (secondary N) is 1. The zero-order valence-electron chi connectivity index (χ0n) is 8.66. The van der Waals surface area contributed by atoms with Crippen LogP contribution in [0.1, 0.15) is 5.56 Å².